The predicted octanol–water partition coefficient (Wildman–Crippen LogP) is 2.50. The minimum atomic E-state index is -3.43. The van der Waals surface area contributed by atoms with Crippen molar-refractivity contribution in [3.05, 3.63) is 29.8 Å². The summed E-state index contributed by atoms with van der Waals surface area (Å²) in [5.74, 6) is -0.728. The number of sulfone groups is 1. The molecule has 0 unspecified atom stereocenters. The van der Waals surface area contributed by atoms with Crippen LogP contribution in [0.4, 0.5) is 0 Å². The van der Waals surface area contributed by atoms with E-state index in [1.807, 2.05) is 6.92 Å². The Morgan fingerprint density at radius 3 is 2.16 bits per heavy atom. The number of ether oxygens (including phenoxy) is 1. The molecule has 0 N–H and O–H groups in total. The summed E-state index contributed by atoms with van der Waals surface area (Å²) < 4.78 is 29.1. The molecular weight excluding hydrogens is 264 g/mol. The van der Waals surface area contributed by atoms with Crippen molar-refractivity contribution in [2.75, 3.05) is 5.75 Å². The van der Waals surface area contributed by atoms with Gasteiger partial charge in [0.1, 0.15) is 5.60 Å². The maximum absolute atomic E-state index is 12.0. The molecule has 1 aromatic carbocycles. The monoisotopic (exact) mass is 284 g/mol. The zero-order valence-corrected chi connectivity index (χ0v) is 12.6. The summed E-state index contributed by atoms with van der Waals surface area (Å²) in [5, 5.41) is 0. The van der Waals surface area contributed by atoms with Crippen molar-refractivity contribution < 1.29 is 17.9 Å². The third-order valence-corrected chi connectivity index (χ3v) is 4.11. The lowest BCUT2D eigenvalue weighted by Gasteiger charge is -2.19. The van der Waals surface area contributed by atoms with Crippen LogP contribution in [-0.4, -0.2) is 25.7 Å². The molecule has 5 heteroatoms. The highest BCUT2D eigenvalue weighted by molar-refractivity contribution is 7.91. The van der Waals surface area contributed by atoms with Crippen molar-refractivity contribution in [2.45, 2.75) is 44.6 Å². The topological polar surface area (TPSA) is 60.4 Å². The molecule has 0 aliphatic rings. The van der Waals surface area contributed by atoms with Gasteiger partial charge in [-0.2, -0.15) is 0 Å². The van der Waals surface area contributed by atoms with Crippen LogP contribution < -0.4 is 0 Å². The van der Waals surface area contributed by atoms with E-state index in [2.05, 4.69) is 0 Å². The number of benzene rings is 1. The highest BCUT2D eigenvalue weighted by Gasteiger charge is 2.20. The fraction of sp³-hybridized carbons (Fsp3) is 0.500. The number of aryl methyl sites for hydroxylation is 1. The Kier molecular flexibility index (Phi) is 4.74. The zero-order chi connectivity index (χ0) is 14.7. The Morgan fingerprint density at radius 1 is 1.16 bits per heavy atom. The van der Waals surface area contributed by atoms with E-state index in [-0.39, 0.29) is 17.1 Å². The molecule has 0 saturated carbocycles. The first-order chi connectivity index (χ1) is 8.60. The van der Waals surface area contributed by atoms with Gasteiger partial charge in [-0.05, 0) is 39.8 Å². The van der Waals surface area contributed by atoms with Gasteiger partial charge in [-0.25, -0.2) is 8.42 Å². The molecule has 0 aliphatic heterocycles. The largest absolute Gasteiger partial charge is 0.460 e. The van der Waals surface area contributed by atoms with E-state index < -0.39 is 21.4 Å². The third kappa shape index (κ3) is 5.42. The van der Waals surface area contributed by atoms with Gasteiger partial charge < -0.3 is 4.74 Å². The second-order valence-electron chi connectivity index (χ2n) is 5.47. The normalized spacial score (nSPS) is 12.2. The summed E-state index contributed by atoms with van der Waals surface area (Å²) in [7, 11) is -3.43. The number of hydrogen-bond donors (Lipinski definition) is 0. The van der Waals surface area contributed by atoms with Crippen LogP contribution in [0.25, 0.3) is 0 Å². The van der Waals surface area contributed by atoms with Gasteiger partial charge in [0, 0.05) is 0 Å². The zero-order valence-electron chi connectivity index (χ0n) is 11.8. The molecule has 0 aromatic heterocycles. The first-order valence-corrected chi connectivity index (χ1v) is 7.77. The lowest BCUT2D eigenvalue weighted by Crippen LogP contribution is -2.25. The number of rotatable bonds is 4. The van der Waals surface area contributed by atoms with Crippen LogP contribution in [0.15, 0.2) is 29.2 Å². The molecule has 0 amide bonds. The minimum absolute atomic E-state index is 0.131. The molecule has 0 fully saturated rings. The molecule has 0 spiro atoms. The molecule has 0 saturated heterocycles. The molecule has 1 rings (SSSR count). The van der Waals surface area contributed by atoms with E-state index in [1.54, 1.807) is 45.0 Å². The molecule has 106 valence electrons. The molecule has 0 aliphatic carbocycles. The second kappa shape index (κ2) is 5.74. The van der Waals surface area contributed by atoms with Crippen LogP contribution in [-0.2, 0) is 19.4 Å². The Labute approximate surface area is 114 Å². The smallest absolute Gasteiger partial charge is 0.307 e. The second-order valence-corrected chi connectivity index (χ2v) is 7.58. The fourth-order valence-electron chi connectivity index (χ4n) is 1.47. The van der Waals surface area contributed by atoms with E-state index in [0.717, 1.165) is 5.56 Å². The van der Waals surface area contributed by atoms with Gasteiger partial charge in [-0.15, -0.1) is 0 Å². The highest BCUT2D eigenvalue weighted by Crippen LogP contribution is 2.14. The fourth-order valence-corrected chi connectivity index (χ4v) is 2.70. The molecule has 19 heavy (non-hydrogen) atoms. The van der Waals surface area contributed by atoms with E-state index in [9.17, 15) is 13.2 Å². The average molecular weight is 284 g/mol. The van der Waals surface area contributed by atoms with Gasteiger partial charge in [-0.3, -0.25) is 4.79 Å². The Morgan fingerprint density at radius 2 is 1.68 bits per heavy atom. The minimum Gasteiger partial charge on any atom is -0.460 e. The van der Waals surface area contributed by atoms with E-state index in [4.69, 9.17) is 4.74 Å². The van der Waals surface area contributed by atoms with Crippen LogP contribution in [0, 0.1) is 6.92 Å². The maximum atomic E-state index is 12.0. The van der Waals surface area contributed by atoms with Gasteiger partial charge in [0.2, 0.25) is 0 Å². The predicted molar refractivity (Wildman–Crippen MR) is 73.7 cm³/mol. The summed E-state index contributed by atoms with van der Waals surface area (Å²) >= 11 is 0. The van der Waals surface area contributed by atoms with Crippen molar-refractivity contribution >= 4 is 15.8 Å². The Hall–Kier alpha value is -1.36. The molecule has 1 aromatic rings. The molecular formula is C14H20O4S. The van der Waals surface area contributed by atoms with Crippen LogP contribution in [0.3, 0.4) is 0 Å². The van der Waals surface area contributed by atoms with Crippen LogP contribution in [0.5, 0.6) is 0 Å². The standard InChI is InChI=1S/C14H20O4S/c1-11-5-7-12(8-6-11)19(16,17)10-9-13(15)18-14(2,3)4/h5-8H,9-10H2,1-4H3. The first-order valence-electron chi connectivity index (χ1n) is 6.11. The number of carbonyl (C=O) groups is 1. The van der Waals surface area contributed by atoms with Crippen LogP contribution >= 0.6 is 0 Å². The number of hydrogen-bond acceptors (Lipinski definition) is 4. The van der Waals surface area contributed by atoms with Crippen molar-refractivity contribution in [2.24, 2.45) is 0 Å². The summed E-state index contributed by atoms with van der Waals surface area (Å²) in [4.78, 5) is 11.7. The molecule has 0 heterocycles. The van der Waals surface area contributed by atoms with Crippen molar-refractivity contribution in [1.29, 1.82) is 0 Å². The Balaban J connectivity index is 2.66. The quantitative estimate of drug-likeness (QED) is 0.797. The van der Waals surface area contributed by atoms with Gasteiger partial charge in [0.15, 0.2) is 9.84 Å². The van der Waals surface area contributed by atoms with E-state index in [0.29, 0.717) is 0 Å². The maximum Gasteiger partial charge on any atom is 0.307 e. The van der Waals surface area contributed by atoms with Crippen molar-refractivity contribution in [3.8, 4) is 0 Å². The van der Waals surface area contributed by atoms with E-state index in [1.165, 1.54) is 0 Å². The summed E-state index contributed by atoms with van der Waals surface area (Å²) in [6.45, 7) is 7.13. The van der Waals surface area contributed by atoms with E-state index >= 15 is 0 Å². The highest BCUT2D eigenvalue weighted by atomic mass is 32.2. The van der Waals surface area contributed by atoms with Crippen molar-refractivity contribution in [3.63, 3.8) is 0 Å². The van der Waals surface area contributed by atoms with Gasteiger partial charge in [0.05, 0.1) is 17.1 Å². The molecule has 4 nitrogen and oxygen atoms in total. The number of esters is 1. The van der Waals surface area contributed by atoms with Crippen LogP contribution in [0.1, 0.15) is 32.8 Å². The Bertz CT molecular complexity index is 536. The molecule has 0 radical (unpaired) electrons. The summed E-state index contributed by atoms with van der Waals surface area (Å²) in [6, 6.07) is 6.58. The van der Waals surface area contributed by atoms with Crippen molar-refractivity contribution in [1.82, 2.24) is 0 Å². The SMILES string of the molecule is Cc1ccc(S(=O)(=O)CCC(=O)OC(C)(C)C)cc1. The first kappa shape index (κ1) is 15.7. The summed E-state index contributed by atoms with van der Waals surface area (Å²) in [6.07, 6.45) is -0.131. The number of carbonyl (C=O) groups excluding carboxylic acids is 1. The summed E-state index contributed by atoms with van der Waals surface area (Å²) in [5.41, 5.74) is 0.399. The third-order valence-electron chi connectivity index (χ3n) is 2.38. The van der Waals surface area contributed by atoms with Crippen LogP contribution in [0.2, 0.25) is 0 Å². The molecule has 0 bridgehead atoms. The van der Waals surface area contributed by atoms with Gasteiger partial charge in [-0.1, -0.05) is 17.7 Å². The van der Waals surface area contributed by atoms with Gasteiger partial charge >= 0.3 is 5.97 Å². The van der Waals surface area contributed by atoms with Gasteiger partial charge in [0.25, 0.3) is 0 Å². The molecule has 0 atom stereocenters. The lowest BCUT2D eigenvalue weighted by molar-refractivity contribution is -0.154. The lowest BCUT2D eigenvalue weighted by atomic mass is 10.2. The average Bonchev–Trinajstić information content (AvgIpc) is 2.25.